The number of hydrogen-bond donors (Lipinski definition) is 2. The summed E-state index contributed by atoms with van der Waals surface area (Å²) in [5.41, 5.74) is -0.496. The van der Waals surface area contributed by atoms with Crippen LogP contribution in [0.15, 0.2) is 29.6 Å². The number of fused-ring (bicyclic) bond motifs is 2. The smallest absolute Gasteiger partial charge is 0.339 e. The van der Waals surface area contributed by atoms with Gasteiger partial charge in [0.2, 0.25) is 0 Å². The number of allylic oxidation sites excluding steroid dienone is 2. The second-order valence-electron chi connectivity index (χ2n) is 8.27. The number of esters is 1. The summed E-state index contributed by atoms with van der Waals surface area (Å²) in [7, 11) is 1.39. The number of aromatic carboxylic acids is 1. The molecule has 1 spiro atoms. The Balaban J connectivity index is 2.32. The zero-order chi connectivity index (χ0) is 23.5. The highest BCUT2D eigenvalue weighted by Gasteiger charge is 2.59. The fourth-order valence-electron chi connectivity index (χ4n) is 4.78. The van der Waals surface area contributed by atoms with Crippen molar-refractivity contribution in [3.05, 3.63) is 46.2 Å². The molecule has 172 valence electrons. The number of carboxylic acid groups (broad SMARTS) is 1. The second kappa shape index (κ2) is 9.59. The second-order valence-corrected chi connectivity index (χ2v) is 8.27. The van der Waals surface area contributed by atoms with Crippen molar-refractivity contribution < 1.29 is 34.1 Å². The van der Waals surface area contributed by atoms with E-state index in [0.29, 0.717) is 36.0 Å². The molecule has 1 aromatic carbocycles. The minimum absolute atomic E-state index is 0.114. The molecule has 0 saturated carbocycles. The van der Waals surface area contributed by atoms with Crippen molar-refractivity contribution in [2.45, 2.75) is 70.6 Å². The number of carbonyl (C=O) groups excluding carboxylic acids is 2. The molecule has 0 fully saturated rings. The number of hydrogen-bond acceptors (Lipinski definition) is 6. The Labute approximate surface area is 187 Å². The van der Waals surface area contributed by atoms with E-state index in [1.165, 1.54) is 25.3 Å². The highest BCUT2D eigenvalue weighted by molar-refractivity contribution is 6.09. The van der Waals surface area contributed by atoms with Gasteiger partial charge in [-0.2, -0.15) is 0 Å². The third-order valence-electron chi connectivity index (χ3n) is 6.21. The summed E-state index contributed by atoms with van der Waals surface area (Å²) in [5, 5.41) is 20.4. The Morgan fingerprint density at radius 3 is 2.31 bits per heavy atom. The highest BCUT2D eigenvalue weighted by Crippen LogP contribution is 2.55. The van der Waals surface area contributed by atoms with Crippen LogP contribution in [0.1, 0.15) is 80.3 Å². The molecule has 1 aliphatic carbocycles. The molecule has 7 nitrogen and oxygen atoms in total. The fourth-order valence-corrected chi connectivity index (χ4v) is 4.78. The number of carbonyl (C=O) groups is 3. The van der Waals surface area contributed by atoms with E-state index >= 15 is 0 Å². The fraction of sp³-hybridized carbons (Fsp3) is 0.480. The molecular formula is C25H30O7. The third-order valence-corrected chi connectivity index (χ3v) is 6.21. The first kappa shape index (κ1) is 23.6. The number of methoxy groups -OCH3 is 1. The van der Waals surface area contributed by atoms with Gasteiger partial charge >= 0.3 is 11.9 Å². The molecule has 1 unspecified atom stereocenters. The van der Waals surface area contributed by atoms with Crippen LogP contribution in [-0.4, -0.2) is 35.0 Å². The molecule has 2 aliphatic rings. The average molecular weight is 443 g/mol. The largest absolute Gasteiger partial charge is 0.507 e. The van der Waals surface area contributed by atoms with E-state index in [1.807, 2.05) is 6.92 Å². The Morgan fingerprint density at radius 2 is 1.72 bits per heavy atom. The zero-order valence-corrected chi connectivity index (χ0v) is 18.8. The summed E-state index contributed by atoms with van der Waals surface area (Å²) in [6.07, 6.45) is 8.60. The Bertz CT molecular complexity index is 1000. The number of phenols is 1. The number of benzene rings is 1. The Morgan fingerprint density at radius 1 is 1.06 bits per heavy atom. The van der Waals surface area contributed by atoms with Gasteiger partial charge in [-0.25, -0.2) is 9.59 Å². The summed E-state index contributed by atoms with van der Waals surface area (Å²) in [5.74, 6) is -2.42. The van der Waals surface area contributed by atoms with E-state index in [4.69, 9.17) is 9.47 Å². The molecular weight excluding hydrogens is 412 g/mol. The van der Waals surface area contributed by atoms with Gasteiger partial charge in [-0.05, 0) is 42.9 Å². The van der Waals surface area contributed by atoms with Gasteiger partial charge in [0, 0.05) is 17.7 Å². The molecule has 0 amide bonds. The molecule has 7 heteroatoms. The van der Waals surface area contributed by atoms with Gasteiger partial charge in [0.15, 0.2) is 11.2 Å². The molecule has 1 aliphatic heterocycles. The topological polar surface area (TPSA) is 110 Å². The van der Waals surface area contributed by atoms with Gasteiger partial charge in [0.25, 0.3) is 0 Å². The van der Waals surface area contributed by atoms with E-state index in [0.717, 1.165) is 32.1 Å². The van der Waals surface area contributed by atoms with E-state index in [2.05, 4.69) is 6.92 Å². The van der Waals surface area contributed by atoms with Gasteiger partial charge in [-0.15, -0.1) is 0 Å². The molecule has 32 heavy (non-hydrogen) atoms. The Hall–Kier alpha value is -3.09. The molecule has 0 saturated heterocycles. The summed E-state index contributed by atoms with van der Waals surface area (Å²) in [6, 6.07) is 1.18. The standard InChI is InChI=1S/C25H30O7/c1-4-6-8-10-15-12-16(26)13-20(31-3)25(15)22-17(11-9-7-5-2)21(23(28)29)18(27)14-19(22)32-24(25)30/h12-14,27H,4-11H2,1-3H3,(H,28,29). The van der Waals surface area contributed by atoms with E-state index in [1.54, 1.807) is 0 Å². The van der Waals surface area contributed by atoms with E-state index < -0.39 is 23.1 Å². The predicted molar refractivity (Wildman–Crippen MR) is 118 cm³/mol. The normalized spacial score (nSPS) is 19.5. The molecule has 0 aromatic heterocycles. The lowest BCUT2D eigenvalue weighted by Gasteiger charge is -2.34. The van der Waals surface area contributed by atoms with Crippen molar-refractivity contribution >= 4 is 17.7 Å². The number of aromatic hydroxyl groups is 1. The molecule has 0 radical (unpaired) electrons. The summed E-state index contributed by atoms with van der Waals surface area (Å²) >= 11 is 0. The van der Waals surface area contributed by atoms with Gasteiger partial charge in [-0.3, -0.25) is 4.79 Å². The van der Waals surface area contributed by atoms with Crippen molar-refractivity contribution in [2.75, 3.05) is 7.11 Å². The van der Waals surface area contributed by atoms with Crippen LogP contribution in [0.3, 0.4) is 0 Å². The zero-order valence-electron chi connectivity index (χ0n) is 18.8. The van der Waals surface area contributed by atoms with E-state index in [-0.39, 0.29) is 22.9 Å². The van der Waals surface area contributed by atoms with Crippen LogP contribution in [0.4, 0.5) is 0 Å². The van der Waals surface area contributed by atoms with Crippen LogP contribution in [0.2, 0.25) is 0 Å². The van der Waals surface area contributed by atoms with Crippen molar-refractivity contribution in [1.82, 2.24) is 0 Å². The van der Waals surface area contributed by atoms with Crippen molar-refractivity contribution in [2.24, 2.45) is 0 Å². The van der Waals surface area contributed by atoms with Crippen molar-refractivity contribution in [3.8, 4) is 11.5 Å². The SMILES string of the molecule is CCCCCC1=CC(=O)C=C(OC)C12C(=O)Oc1cc(O)c(C(=O)O)c(CCCCC)c12. The number of carboxylic acids is 1. The maximum Gasteiger partial charge on any atom is 0.339 e. The Kier molecular flexibility index (Phi) is 7.06. The minimum Gasteiger partial charge on any atom is -0.507 e. The van der Waals surface area contributed by atoms with Crippen LogP contribution >= 0.6 is 0 Å². The molecule has 2 N–H and O–H groups in total. The number of rotatable bonds is 10. The predicted octanol–water partition coefficient (Wildman–Crippen LogP) is 4.60. The number of unbranched alkanes of at least 4 members (excludes halogenated alkanes) is 4. The quantitative estimate of drug-likeness (QED) is 0.309. The van der Waals surface area contributed by atoms with Gasteiger partial charge in [-0.1, -0.05) is 39.5 Å². The lowest BCUT2D eigenvalue weighted by Crippen LogP contribution is -2.42. The van der Waals surface area contributed by atoms with Crippen LogP contribution in [-0.2, 0) is 26.2 Å². The van der Waals surface area contributed by atoms with Gasteiger partial charge < -0.3 is 19.7 Å². The van der Waals surface area contributed by atoms with Crippen LogP contribution in [0, 0.1) is 0 Å². The summed E-state index contributed by atoms with van der Waals surface area (Å²) < 4.78 is 11.2. The lowest BCUT2D eigenvalue weighted by molar-refractivity contribution is -0.137. The first-order valence-corrected chi connectivity index (χ1v) is 11.2. The molecule has 1 heterocycles. The van der Waals surface area contributed by atoms with Gasteiger partial charge in [0.05, 0.1) is 7.11 Å². The van der Waals surface area contributed by atoms with Crippen LogP contribution < -0.4 is 4.74 Å². The van der Waals surface area contributed by atoms with Crippen molar-refractivity contribution in [1.29, 1.82) is 0 Å². The van der Waals surface area contributed by atoms with E-state index in [9.17, 15) is 24.6 Å². The molecule has 1 atom stereocenters. The van der Waals surface area contributed by atoms with Crippen LogP contribution in [0.25, 0.3) is 0 Å². The maximum atomic E-state index is 13.5. The lowest BCUT2D eigenvalue weighted by atomic mass is 9.66. The highest BCUT2D eigenvalue weighted by atomic mass is 16.5. The number of ketones is 1. The molecule has 0 bridgehead atoms. The maximum absolute atomic E-state index is 13.5. The number of ether oxygens (including phenoxy) is 2. The summed E-state index contributed by atoms with van der Waals surface area (Å²) in [4.78, 5) is 38.0. The summed E-state index contributed by atoms with van der Waals surface area (Å²) in [6.45, 7) is 4.09. The minimum atomic E-state index is -1.52. The first-order valence-electron chi connectivity index (χ1n) is 11.2. The molecule has 3 rings (SSSR count). The monoisotopic (exact) mass is 442 g/mol. The van der Waals surface area contributed by atoms with Gasteiger partial charge in [0.1, 0.15) is 22.8 Å². The first-order chi connectivity index (χ1) is 15.3. The molecule has 1 aromatic rings. The van der Waals surface area contributed by atoms with Crippen molar-refractivity contribution in [3.63, 3.8) is 0 Å². The van der Waals surface area contributed by atoms with Crippen LogP contribution in [0.5, 0.6) is 11.5 Å². The third kappa shape index (κ3) is 3.80. The average Bonchev–Trinajstić information content (AvgIpc) is 3.02.